The van der Waals surface area contributed by atoms with Crippen molar-refractivity contribution in [3.63, 3.8) is 0 Å². The van der Waals surface area contributed by atoms with Gasteiger partial charge < -0.3 is 10.1 Å². The van der Waals surface area contributed by atoms with Gasteiger partial charge in [0, 0.05) is 12.5 Å². The fourth-order valence-corrected chi connectivity index (χ4v) is 1.75. The fourth-order valence-electron chi connectivity index (χ4n) is 1.75. The number of anilines is 1. The van der Waals surface area contributed by atoms with Crippen LogP contribution in [0, 0.1) is 0 Å². The third kappa shape index (κ3) is 3.57. The Labute approximate surface area is 117 Å². The molecule has 0 saturated carbocycles. The smallest absolute Gasteiger partial charge is 0.274 e. The average Bonchev–Trinajstić information content (AvgIpc) is 2.42. The van der Waals surface area contributed by atoms with E-state index in [9.17, 15) is 4.79 Å². The highest BCUT2D eigenvalue weighted by atomic mass is 16.5. The lowest BCUT2D eigenvalue weighted by atomic mass is 10.1. The molecule has 0 unspecified atom stereocenters. The first-order valence-corrected chi connectivity index (χ1v) is 6.44. The SMILES string of the molecule is COc1ccc(Cc2nnc(NC(C)C)[nH]c2=O)cc1. The van der Waals surface area contributed by atoms with Gasteiger partial charge in [-0.05, 0) is 31.5 Å². The molecular formula is C14H18N4O2. The summed E-state index contributed by atoms with van der Waals surface area (Å²) in [5.41, 5.74) is 1.15. The van der Waals surface area contributed by atoms with Gasteiger partial charge in [-0.25, -0.2) is 0 Å². The monoisotopic (exact) mass is 274 g/mol. The van der Waals surface area contributed by atoms with Crippen LogP contribution >= 0.6 is 0 Å². The molecule has 0 aliphatic carbocycles. The maximum Gasteiger partial charge on any atom is 0.274 e. The lowest BCUT2D eigenvalue weighted by Gasteiger charge is -2.08. The molecule has 1 heterocycles. The Morgan fingerprint density at radius 1 is 1.25 bits per heavy atom. The van der Waals surface area contributed by atoms with Crippen LogP contribution in [-0.2, 0) is 6.42 Å². The Balaban J connectivity index is 2.14. The molecule has 0 aliphatic rings. The van der Waals surface area contributed by atoms with Crippen molar-refractivity contribution in [3.8, 4) is 5.75 Å². The number of H-pyrrole nitrogens is 1. The van der Waals surface area contributed by atoms with Crippen molar-refractivity contribution in [1.29, 1.82) is 0 Å². The van der Waals surface area contributed by atoms with Crippen LogP contribution < -0.4 is 15.6 Å². The number of hydrogen-bond acceptors (Lipinski definition) is 5. The van der Waals surface area contributed by atoms with Crippen molar-refractivity contribution < 1.29 is 4.74 Å². The molecule has 2 aromatic rings. The third-order valence-corrected chi connectivity index (χ3v) is 2.72. The summed E-state index contributed by atoms with van der Waals surface area (Å²) in [4.78, 5) is 14.6. The van der Waals surface area contributed by atoms with E-state index in [4.69, 9.17) is 4.74 Å². The zero-order valence-electron chi connectivity index (χ0n) is 11.8. The number of rotatable bonds is 5. The number of ether oxygens (including phenoxy) is 1. The van der Waals surface area contributed by atoms with Crippen molar-refractivity contribution >= 4 is 5.95 Å². The highest BCUT2D eigenvalue weighted by molar-refractivity contribution is 5.30. The minimum Gasteiger partial charge on any atom is -0.497 e. The fraction of sp³-hybridized carbons (Fsp3) is 0.357. The molecule has 6 heteroatoms. The molecule has 0 fully saturated rings. The van der Waals surface area contributed by atoms with Crippen molar-refractivity contribution in [2.24, 2.45) is 0 Å². The van der Waals surface area contributed by atoms with Crippen LogP contribution in [0.2, 0.25) is 0 Å². The van der Waals surface area contributed by atoms with Crippen LogP contribution in [0.15, 0.2) is 29.1 Å². The minimum absolute atomic E-state index is 0.187. The Kier molecular flexibility index (Phi) is 4.34. The van der Waals surface area contributed by atoms with E-state index in [1.54, 1.807) is 7.11 Å². The van der Waals surface area contributed by atoms with E-state index in [0.717, 1.165) is 11.3 Å². The predicted octanol–water partition coefficient (Wildman–Crippen LogP) is 1.58. The zero-order valence-corrected chi connectivity index (χ0v) is 11.8. The number of nitrogens with one attached hydrogen (secondary N) is 2. The second kappa shape index (κ2) is 6.18. The maximum atomic E-state index is 11.9. The molecule has 0 aliphatic heterocycles. The van der Waals surface area contributed by atoms with Gasteiger partial charge in [-0.3, -0.25) is 9.78 Å². The number of nitrogens with zero attached hydrogens (tertiary/aromatic N) is 2. The lowest BCUT2D eigenvalue weighted by Crippen LogP contribution is -2.22. The van der Waals surface area contributed by atoms with Crippen LogP contribution in [0.4, 0.5) is 5.95 Å². The molecule has 6 nitrogen and oxygen atoms in total. The molecule has 0 saturated heterocycles. The van der Waals surface area contributed by atoms with E-state index in [1.807, 2.05) is 38.1 Å². The lowest BCUT2D eigenvalue weighted by molar-refractivity contribution is 0.414. The second-order valence-corrected chi connectivity index (χ2v) is 4.77. The molecule has 1 aromatic carbocycles. The third-order valence-electron chi connectivity index (χ3n) is 2.72. The van der Waals surface area contributed by atoms with Crippen molar-refractivity contribution in [3.05, 3.63) is 45.9 Å². The Hall–Kier alpha value is -2.37. The largest absolute Gasteiger partial charge is 0.497 e. The van der Waals surface area contributed by atoms with Gasteiger partial charge in [-0.2, -0.15) is 0 Å². The number of aromatic nitrogens is 3. The van der Waals surface area contributed by atoms with Crippen molar-refractivity contribution in [2.75, 3.05) is 12.4 Å². The molecular weight excluding hydrogens is 256 g/mol. The molecule has 0 bridgehead atoms. The summed E-state index contributed by atoms with van der Waals surface area (Å²) < 4.78 is 5.09. The van der Waals surface area contributed by atoms with Crippen LogP contribution in [0.3, 0.4) is 0 Å². The topological polar surface area (TPSA) is 79.9 Å². The normalized spacial score (nSPS) is 10.6. The van der Waals surface area contributed by atoms with Gasteiger partial charge in [0.2, 0.25) is 5.95 Å². The summed E-state index contributed by atoms with van der Waals surface area (Å²) in [6.07, 6.45) is 0.439. The van der Waals surface area contributed by atoms with Gasteiger partial charge in [0.15, 0.2) is 0 Å². The summed E-state index contributed by atoms with van der Waals surface area (Å²) in [5, 5.41) is 11.0. The van der Waals surface area contributed by atoms with Crippen LogP contribution in [0.5, 0.6) is 5.75 Å². The van der Waals surface area contributed by atoms with Crippen LogP contribution in [-0.4, -0.2) is 28.3 Å². The predicted molar refractivity (Wildman–Crippen MR) is 77.2 cm³/mol. The second-order valence-electron chi connectivity index (χ2n) is 4.77. The first-order chi connectivity index (χ1) is 9.58. The first kappa shape index (κ1) is 14.0. The van der Waals surface area contributed by atoms with E-state index >= 15 is 0 Å². The van der Waals surface area contributed by atoms with E-state index in [0.29, 0.717) is 18.1 Å². The maximum absolute atomic E-state index is 11.9. The van der Waals surface area contributed by atoms with E-state index in [2.05, 4.69) is 20.5 Å². The number of aromatic amines is 1. The molecule has 0 atom stereocenters. The molecule has 0 amide bonds. The molecule has 20 heavy (non-hydrogen) atoms. The Bertz CT molecular complexity index is 620. The Morgan fingerprint density at radius 3 is 2.50 bits per heavy atom. The molecule has 2 rings (SSSR count). The van der Waals surface area contributed by atoms with E-state index < -0.39 is 0 Å². The summed E-state index contributed by atoms with van der Waals surface area (Å²) in [6, 6.07) is 7.70. The van der Waals surface area contributed by atoms with Gasteiger partial charge >= 0.3 is 0 Å². The minimum atomic E-state index is -0.223. The summed E-state index contributed by atoms with van der Waals surface area (Å²) >= 11 is 0. The van der Waals surface area contributed by atoms with Gasteiger partial charge in [-0.15, -0.1) is 10.2 Å². The number of methoxy groups -OCH3 is 1. The number of benzene rings is 1. The molecule has 0 radical (unpaired) electrons. The molecule has 1 aromatic heterocycles. The number of hydrogen-bond donors (Lipinski definition) is 2. The van der Waals surface area contributed by atoms with Crippen LogP contribution in [0.25, 0.3) is 0 Å². The highest BCUT2D eigenvalue weighted by Gasteiger charge is 2.07. The first-order valence-electron chi connectivity index (χ1n) is 6.44. The average molecular weight is 274 g/mol. The van der Waals surface area contributed by atoms with Crippen LogP contribution in [0.1, 0.15) is 25.1 Å². The quantitative estimate of drug-likeness (QED) is 0.865. The highest BCUT2D eigenvalue weighted by Crippen LogP contribution is 2.12. The van der Waals surface area contributed by atoms with Gasteiger partial charge in [-0.1, -0.05) is 12.1 Å². The summed E-state index contributed by atoms with van der Waals surface area (Å²) in [5.74, 6) is 1.17. The van der Waals surface area contributed by atoms with Crippen molar-refractivity contribution in [2.45, 2.75) is 26.3 Å². The van der Waals surface area contributed by atoms with Gasteiger partial charge in [0.25, 0.3) is 5.56 Å². The molecule has 0 spiro atoms. The van der Waals surface area contributed by atoms with Gasteiger partial charge in [0.1, 0.15) is 11.4 Å². The van der Waals surface area contributed by atoms with E-state index in [-0.39, 0.29) is 11.6 Å². The Morgan fingerprint density at radius 2 is 1.95 bits per heavy atom. The van der Waals surface area contributed by atoms with Gasteiger partial charge in [0.05, 0.1) is 7.11 Å². The molecule has 2 N–H and O–H groups in total. The summed E-state index contributed by atoms with van der Waals surface area (Å²) in [7, 11) is 1.62. The standard InChI is InChI=1S/C14H18N4O2/c1-9(2)15-14-16-13(19)12(17-18-14)8-10-4-6-11(20-3)7-5-10/h4-7,9H,8H2,1-3H3,(H2,15,16,18,19). The zero-order chi connectivity index (χ0) is 14.5. The van der Waals surface area contributed by atoms with E-state index in [1.165, 1.54) is 0 Å². The van der Waals surface area contributed by atoms with Crippen molar-refractivity contribution in [1.82, 2.24) is 15.2 Å². The molecule has 106 valence electrons. The summed E-state index contributed by atoms with van der Waals surface area (Å²) in [6.45, 7) is 3.93.